The van der Waals surface area contributed by atoms with Crippen molar-refractivity contribution in [1.82, 2.24) is 19.8 Å². The average molecular weight is 250 g/mol. The first-order valence-corrected chi connectivity index (χ1v) is 6.86. The molecular formula is C13H22N4O. The molecule has 1 aromatic heterocycles. The Balaban J connectivity index is 1.59. The van der Waals surface area contributed by atoms with Crippen LogP contribution in [0.4, 0.5) is 0 Å². The van der Waals surface area contributed by atoms with Crippen molar-refractivity contribution in [3.63, 3.8) is 0 Å². The average Bonchev–Trinajstić information content (AvgIpc) is 3.12. The fourth-order valence-electron chi connectivity index (χ4n) is 2.64. The number of likely N-dealkylation sites (N-methyl/N-ethyl adjacent to an activating group) is 1. The minimum atomic E-state index is 0.320. The highest BCUT2D eigenvalue weighted by Gasteiger charge is 2.27. The zero-order valence-corrected chi connectivity index (χ0v) is 11.0. The van der Waals surface area contributed by atoms with Crippen LogP contribution >= 0.6 is 0 Å². The van der Waals surface area contributed by atoms with Crippen LogP contribution in [0.2, 0.25) is 0 Å². The molecule has 1 saturated heterocycles. The maximum Gasteiger partial charge on any atom is 0.0951 e. The molecule has 18 heavy (non-hydrogen) atoms. The maximum atomic E-state index is 5.73. The molecule has 0 aromatic carbocycles. The van der Waals surface area contributed by atoms with Crippen molar-refractivity contribution in [2.45, 2.75) is 31.5 Å². The number of morpholine rings is 1. The first kappa shape index (κ1) is 12.1. The van der Waals surface area contributed by atoms with Gasteiger partial charge in [0.1, 0.15) is 0 Å². The van der Waals surface area contributed by atoms with Gasteiger partial charge in [-0.3, -0.25) is 4.90 Å². The summed E-state index contributed by atoms with van der Waals surface area (Å²) in [6.07, 6.45) is 6.95. The Morgan fingerprint density at radius 2 is 2.39 bits per heavy atom. The number of imidazole rings is 1. The number of nitrogens with zero attached hydrogens (tertiary/aromatic N) is 3. The third-order valence-corrected chi connectivity index (χ3v) is 3.73. The van der Waals surface area contributed by atoms with E-state index in [-0.39, 0.29) is 0 Å². The van der Waals surface area contributed by atoms with Crippen LogP contribution in [-0.2, 0) is 11.3 Å². The molecule has 1 N–H and O–H groups in total. The molecule has 1 saturated carbocycles. The first-order valence-electron chi connectivity index (χ1n) is 6.86. The molecule has 0 bridgehead atoms. The molecule has 5 nitrogen and oxygen atoms in total. The van der Waals surface area contributed by atoms with Gasteiger partial charge in [-0.25, -0.2) is 4.98 Å². The van der Waals surface area contributed by atoms with Crippen molar-refractivity contribution in [2.75, 3.05) is 33.3 Å². The third kappa shape index (κ3) is 2.74. The van der Waals surface area contributed by atoms with Gasteiger partial charge in [-0.05, 0) is 19.9 Å². The highest BCUT2D eigenvalue weighted by atomic mass is 16.5. The van der Waals surface area contributed by atoms with Crippen molar-refractivity contribution in [1.29, 1.82) is 0 Å². The second-order valence-corrected chi connectivity index (χ2v) is 5.31. The lowest BCUT2D eigenvalue weighted by Gasteiger charge is -2.32. The van der Waals surface area contributed by atoms with Gasteiger partial charge in [0, 0.05) is 38.4 Å². The SMILES string of the molecule is CNCC1CN(Cc2cncn2C2CC2)CCO1. The van der Waals surface area contributed by atoms with Gasteiger partial charge in [-0.15, -0.1) is 0 Å². The van der Waals surface area contributed by atoms with Gasteiger partial charge < -0.3 is 14.6 Å². The summed E-state index contributed by atoms with van der Waals surface area (Å²) in [5.74, 6) is 0. The molecule has 1 aromatic rings. The van der Waals surface area contributed by atoms with Crippen LogP contribution in [0.15, 0.2) is 12.5 Å². The fourth-order valence-corrected chi connectivity index (χ4v) is 2.64. The molecule has 0 radical (unpaired) electrons. The number of hydrogen-bond donors (Lipinski definition) is 1. The second kappa shape index (κ2) is 5.38. The van der Waals surface area contributed by atoms with Gasteiger partial charge in [-0.1, -0.05) is 0 Å². The molecule has 1 unspecified atom stereocenters. The number of ether oxygens (including phenoxy) is 1. The lowest BCUT2D eigenvalue weighted by atomic mass is 10.2. The zero-order chi connectivity index (χ0) is 12.4. The molecular weight excluding hydrogens is 228 g/mol. The van der Waals surface area contributed by atoms with Crippen LogP contribution < -0.4 is 5.32 Å². The van der Waals surface area contributed by atoms with Gasteiger partial charge >= 0.3 is 0 Å². The van der Waals surface area contributed by atoms with Gasteiger partial charge in [0.15, 0.2) is 0 Å². The summed E-state index contributed by atoms with van der Waals surface area (Å²) < 4.78 is 8.08. The molecule has 5 heteroatoms. The van der Waals surface area contributed by atoms with Gasteiger partial charge in [0.05, 0.1) is 24.7 Å². The zero-order valence-electron chi connectivity index (χ0n) is 11.0. The van der Waals surface area contributed by atoms with Crippen LogP contribution in [0.3, 0.4) is 0 Å². The van der Waals surface area contributed by atoms with Crippen molar-refractivity contribution in [3.8, 4) is 0 Å². The maximum absolute atomic E-state index is 5.73. The molecule has 2 aliphatic rings. The standard InChI is InChI=1S/C13H22N4O/c1-14-7-13-9-16(4-5-18-13)8-12-6-15-10-17(12)11-2-3-11/h6,10-11,13-14H,2-5,7-9H2,1H3. The molecule has 1 aliphatic heterocycles. The molecule has 1 aliphatic carbocycles. The van der Waals surface area contributed by atoms with Crippen LogP contribution in [0.25, 0.3) is 0 Å². The smallest absolute Gasteiger partial charge is 0.0951 e. The normalized spacial score (nSPS) is 25.5. The van der Waals surface area contributed by atoms with Crippen molar-refractivity contribution in [3.05, 3.63) is 18.2 Å². The minimum Gasteiger partial charge on any atom is -0.374 e. The minimum absolute atomic E-state index is 0.320. The van der Waals surface area contributed by atoms with Crippen molar-refractivity contribution >= 4 is 0 Å². The number of aromatic nitrogens is 2. The summed E-state index contributed by atoms with van der Waals surface area (Å²) in [5.41, 5.74) is 1.35. The molecule has 3 rings (SSSR count). The summed E-state index contributed by atoms with van der Waals surface area (Å²) in [4.78, 5) is 6.77. The van der Waals surface area contributed by atoms with E-state index >= 15 is 0 Å². The Kier molecular flexibility index (Phi) is 3.63. The quantitative estimate of drug-likeness (QED) is 0.833. The predicted octanol–water partition coefficient (Wildman–Crippen LogP) is 0.638. The van der Waals surface area contributed by atoms with E-state index in [2.05, 4.69) is 19.8 Å². The van der Waals surface area contributed by atoms with Crippen molar-refractivity contribution in [2.24, 2.45) is 0 Å². The predicted molar refractivity (Wildman–Crippen MR) is 69.4 cm³/mol. The molecule has 1 atom stereocenters. The van der Waals surface area contributed by atoms with E-state index in [1.54, 1.807) is 0 Å². The van der Waals surface area contributed by atoms with E-state index in [4.69, 9.17) is 4.74 Å². The van der Waals surface area contributed by atoms with Gasteiger partial charge in [0.2, 0.25) is 0 Å². The molecule has 2 heterocycles. The second-order valence-electron chi connectivity index (χ2n) is 5.31. The summed E-state index contributed by atoms with van der Waals surface area (Å²) in [7, 11) is 1.98. The highest BCUT2D eigenvalue weighted by molar-refractivity contribution is 5.03. The van der Waals surface area contributed by atoms with Crippen LogP contribution in [-0.4, -0.2) is 53.8 Å². The van der Waals surface area contributed by atoms with Crippen LogP contribution in [0.5, 0.6) is 0 Å². The van der Waals surface area contributed by atoms with Crippen molar-refractivity contribution < 1.29 is 4.74 Å². The third-order valence-electron chi connectivity index (χ3n) is 3.73. The van der Waals surface area contributed by atoms with Gasteiger partial charge in [0.25, 0.3) is 0 Å². The summed E-state index contributed by atoms with van der Waals surface area (Å²) in [5, 5.41) is 3.19. The van der Waals surface area contributed by atoms with E-state index in [0.29, 0.717) is 6.10 Å². The number of rotatable bonds is 5. The number of hydrogen-bond acceptors (Lipinski definition) is 4. The summed E-state index contributed by atoms with van der Waals surface area (Å²) in [6.45, 7) is 4.80. The topological polar surface area (TPSA) is 42.3 Å². The largest absolute Gasteiger partial charge is 0.374 e. The van der Waals surface area contributed by atoms with E-state index in [9.17, 15) is 0 Å². The molecule has 2 fully saturated rings. The molecule has 100 valence electrons. The van der Waals surface area contributed by atoms with Crippen LogP contribution in [0, 0.1) is 0 Å². The lowest BCUT2D eigenvalue weighted by Crippen LogP contribution is -2.45. The lowest BCUT2D eigenvalue weighted by molar-refractivity contribution is -0.0297. The fraction of sp³-hybridized carbons (Fsp3) is 0.769. The Hall–Kier alpha value is -0.910. The van der Waals surface area contributed by atoms with Crippen LogP contribution in [0.1, 0.15) is 24.6 Å². The Morgan fingerprint density at radius 3 is 3.17 bits per heavy atom. The van der Waals surface area contributed by atoms with Gasteiger partial charge in [-0.2, -0.15) is 0 Å². The summed E-state index contributed by atoms with van der Waals surface area (Å²) >= 11 is 0. The van der Waals surface area contributed by atoms with E-state index in [1.807, 2.05) is 19.6 Å². The number of nitrogens with one attached hydrogen (secondary N) is 1. The summed E-state index contributed by atoms with van der Waals surface area (Å²) in [6, 6.07) is 0.719. The van der Waals surface area contributed by atoms with E-state index < -0.39 is 0 Å². The molecule has 0 amide bonds. The Labute approximate surface area is 108 Å². The van der Waals surface area contributed by atoms with E-state index in [0.717, 1.165) is 38.8 Å². The Bertz CT molecular complexity index is 386. The monoisotopic (exact) mass is 250 g/mol. The molecule has 0 spiro atoms. The Morgan fingerprint density at radius 1 is 1.50 bits per heavy atom. The first-order chi connectivity index (χ1) is 8.86. The highest BCUT2D eigenvalue weighted by Crippen LogP contribution is 2.35. The van der Waals surface area contributed by atoms with E-state index in [1.165, 1.54) is 18.5 Å².